The van der Waals surface area contributed by atoms with Crippen LogP contribution in [0, 0.1) is 31.6 Å². The Kier molecular flexibility index (Phi) is 3.43. The van der Waals surface area contributed by atoms with E-state index in [2.05, 4.69) is 37.4 Å². The minimum Gasteiger partial charge on any atom is -0.312 e. The topological polar surface area (TPSA) is 12.0 Å². The van der Waals surface area contributed by atoms with Gasteiger partial charge in [0.1, 0.15) is 0 Å². The number of hydrogen-bond donors (Lipinski definition) is 1. The Labute approximate surface area is 111 Å². The quantitative estimate of drug-likeness (QED) is 0.800. The Hall–Kier alpha value is -0.820. The van der Waals surface area contributed by atoms with Gasteiger partial charge in [0.25, 0.3) is 0 Å². The fourth-order valence-corrected chi connectivity index (χ4v) is 3.18. The molecule has 0 radical (unpaired) electrons. The molecule has 3 rings (SSSR count). The third kappa shape index (κ3) is 2.95. The van der Waals surface area contributed by atoms with E-state index in [0.717, 1.165) is 24.3 Å². The first-order chi connectivity index (χ1) is 8.74. The number of rotatable bonds is 6. The van der Waals surface area contributed by atoms with Crippen LogP contribution in [0.4, 0.5) is 0 Å². The summed E-state index contributed by atoms with van der Waals surface area (Å²) in [5.74, 6) is 3.10. The molecule has 0 aromatic heterocycles. The molecular formula is C17H25N. The highest BCUT2D eigenvalue weighted by atomic mass is 14.9. The van der Waals surface area contributed by atoms with Crippen molar-refractivity contribution < 1.29 is 0 Å². The van der Waals surface area contributed by atoms with Gasteiger partial charge in [-0.15, -0.1) is 0 Å². The van der Waals surface area contributed by atoms with Crippen molar-refractivity contribution in [2.45, 2.75) is 46.1 Å². The smallest absolute Gasteiger partial charge is 0.0208 e. The van der Waals surface area contributed by atoms with E-state index in [1.807, 2.05) is 0 Å². The van der Waals surface area contributed by atoms with Crippen molar-refractivity contribution in [1.82, 2.24) is 5.32 Å². The van der Waals surface area contributed by atoms with Gasteiger partial charge in [-0.05, 0) is 75.0 Å². The summed E-state index contributed by atoms with van der Waals surface area (Å²) in [6.45, 7) is 6.68. The van der Waals surface area contributed by atoms with E-state index in [4.69, 9.17) is 0 Å². The fraction of sp³-hybridized carbons (Fsp3) is 0.647. The Balaban J connectivity index is 1.51. The average molecular weight is 243 g/mol. The minimum absolute atomic E-state index is 0.982. The van der Waals surface area contributed by atoms with Gasteiger partial charge in [0.15, 0.2) is 0 Å². The maximum absolute atomic E-state index is 3.70. The van der Waals surface area contributed by atoms with Crippen LogP contribution < -0.4 is 5.32 Å². The van der Waals surface area contributed by atoms with Gasteiger partial charge in [-0.25, -0.2) is 0 Å². The van der Waals surface area contributed by atoms with Crippen LogP contribution in [0.25, 0.3) is 0 Å². The van der Waals surface area contributed by atoms with Crippen LogP contribution in [0.1, 0.15) is 42.4 Å². The van der Waals surface area contributed by atoms with Crippen molar-refractivity contribution in [2.24, 2.45) is 17.8 Å². The standard InChI is InChI=1S/C17H25N/c1-12-3-4-16(13(2)9-12)10-18-11-17(14-5-6-14)15-7-8-15/h3-4,9,14-15,17-18H,5-8,10-11H2,1-2H3. The molecule has 0 saturated heterocycles. The summed E-state index contributed by atoms with van der Waals surface area (Å²) < 4.78 is 0. The molecule has 2 fully saturated rings. The number of aryl methyl sites for hydroxylation is 2. The molecule has 0 bridgehead atoms. The van der Waals surface area contributed by atoms with Crippen molar-refractivity contribution in [3.8, 4) is 0 Å². The van der Waals surface area contributed by atoms with Gasteiger partial charge in [-0.1, -0.05) is 23.8 Å². The second-order valence-electron chi connectivity index (χ2n) is 6.40. The van der Waals surface area contributed by atoms with Crippen molar-refractivity contribution in [3.63, 3.8) is 0 Å². The molecule has 0 atom stereocenters. The second kappa shape index (κ2) is 5.05. The third-order valence-corrected chi connectivity index (χ3v) is 4.65. The molecule has 2 saturated carbocycles. The largest absolute Gasteiger partial charge is 0.312 e. The number of nitrogens with one attached hydrogen (secondary N) is 1. The highest BCUT2D eigenvalue weighted by Gasteiger charge is 2.40. The van der Waals surface area contributed by atoms with Crippen molar-refractivity contribution in [1.29, 1.82) is 0 Å². The maximum Gasteiger partial charge on any atom is 0.0208 e. The minimum atomic E-state index is 0.982. The molecule has 1 nitrogen and oxygen atoms in total. The maximum atomic E-state index is 3.70. The van der Waals surface area contributed by atoms with Crippen molar-refractivity contribution >= 4 is 0 Å². The Bertz CT molecular complexity index is 404. The summed E-state index contributed by atoms with van der Waals surface area (Å²) in [6.07, 6.45) is 5.97. The molecule has 0 unspecified atom stereocenters. The fourth-order valence-electron chi connectivity index (χ4n) is 3.18. The first-order valence-electron chi connectivity index (χ1n) is 7.51. The Morgan fingerprint density at radius 3 is 2.33 bits per heavy atom. The average Bonchev–Trinajstić information content (AvgIpc) is 3.20. The predicted molar refractivity (Wildman–Crippen MR) is 76.6 cm³/mol. The first-order valence-corrected chi connectivity index (χ1v) is 7.51. The van der Waals surface area contributed by atoms with Crippen LogP contribution in [0.2, 0.25) is 0 Å². The third-order valence-electron chi connectivity index (χ3n) is 4.65. The van der Waals surface area contributed by atoms with Crippen molar-refractivity contribution in [2.75, 3.05) is 6.54 Å². The van der Waals surface area contributed by atoms with E-state index >= 15 is 0 Å². The molecular weight excluding hydrogens is 218 g/mol. The first kappa shape index (κ1) is 12.2. The summed E-state index contributed by atoms with van der Waals surface area (Å²) in [5.41, 5.74) is 4.26. The van der Waals surface area contributed by atoms with Crippen LogP contribution in [0.15, 0.2) is 18.2 Å². The molecule has 0 aliphatic heterocycles. The van der Waals surface area contributed by atoms with Gasteiger partial charge in [0.05, 0.1) is 0 Å². The summed E-state index contributed by atoms with van der Waals surface area (Å²) >= 11 is 0. The summed E-state index contributed by atoms with van der Waals surface area (Å²) in [4.78, 5) is 0. The van der Waals surface area contributed by atoms with Crippen LogP contribution >= 0.6 is 0 Å². The lowest BCUT2D eigenvalue weighted by molar-refractivity contribution is 0.378. The Morgan fingerprint density at radius 2 is 1.78 bits per heavy atom. The van der Waals surface area contributed by atoms with E-state index in [1.165, 1.54) is 48.9 Å². The van der Waals surface area contributed by atoms with Crippen LogP contribution in [-0.4, -0.2) is 6.54 Å². The van der Waals surface area contributed by atoms with Gasteiger partial charge in [-0.3, -0.25) is 0 Å². The zero-order valence-corrected chi connectivity index (χ0v) is 11.7. The van der Waals surface area contributed by atoms with Crippen molar-refractivity contribution in [3.05, 3.63) is 34.9 Å². The molecule has 1 aromatic carbocycles. The molecule has 0 amide bonds. The van der Waals surface area contributed by atoms with Crippen LogP contribution in [-0.2, 0) is 6.54 Å². The summed E-state index contributed by atoms with van der Waals surface area (Å²) in [5, 5.41) is 3.70. The van der Waals surface area contributed by atoms with Gasteiger partial charge >= 0.3 is 0 Å². The zero-order valence-electron chi connectivity index (χ0n) is 11.7. The van der Waals surface area contributed by atoms with E-state index in [-0.39, 0.29) is 0 Å². The predicted octanol–water partition coefficient (Wildman–Crippen LogP) is 3.83. The highest BCUT2D eigenvalue weighted by molar-refractivity contribution is 5.30. The highest BCUT2D eigenvalue weighted by Crippen LogP contribution is 2.48. The molecule has 18 heavy (non-hydrogen) atoms. The molecule has 98 valence electrons. The van der Waals surface area contributed by atoms with E-state index < -0.39 is 0 Å². The van der Waals surface area contributed by atoms with Gasteiger partial charge < -0.3 is 5.32 Å². The Morgan fingerprint density at radius 1 is 1.11 bits per heavy atom. The lowest BCUT2D eigenvalue weighted by Crippen LogP contribution is -2.25. The van der Waals surface area contributed by atoms with E-state index in [0.29, 0.717) is 0 Å². The SMILES string of the molecule is Cc1ccc(CNCC(C2CC2)C2CC2)c(C)c1. The zero-order chi connectivity index (χ0) is 12.5. The molecule has 0 spiro atoms. The molecule has 2 aliphatic rings. The monoisotopic (exact) mass is 243 g/mol. The summed E-state index contributed by atoms with van der Waals surface area (Å²) in [6, 6.07) is 6.79. The molecule has 1 heteroatoms. The molecule has 0 heterocycles. The van der Waals surface area contributed by atoms with Gasteiger partial charge in [-0.2, -0.15) is 0 Å². The van der Waals surface area contributed by atoms with Gasteiger partial charge in [0.2, 0.25) is 0 Å². The molecule has 1 aromatic rings. The molecule has 2 aliphatic carbocycles. The number of benzene rings is 1. The molecule has 1 N–H and O–H groups in total. The summed E-state index contributed by atoms with van der Waals surface area (Å²) in [7, 11) is 0. The van der Waals surface area contributed by atoms with Crippen LogP contribution in [0.3, 0.4) is 0 Å². The van der Waals surface area contributed by atoms with E-state index in [9.17, 15) is 0 Å². The van der Waals surface area contributed by atoms with Gasteiger partial charge in [0, 0.05) is 6.54 Å². The normalized spacial score (nSPS) is 19.5. The lowest BCUT2D eigenvalue weighted by Gasteiger charge is -2.17. The van der Waals surface area contributed by atoms with E-state index in [1.54, 1.807) is 0 Å². The number of hydrogen-bond acceptors (Lipinski definition) is 1. The second-order valence-corrected chi connectivity index (χ2v) is 6.40. The lowest BCUT2D eigenvalue weighted by atomic mass is 9.97. The van der Waals surface area contributed by atoms with Crippen LogP contribution in [0.5, 0.6) is 0 Å².